The molecule has 2 heterocycles. The quantitative estimate of drug-likeness (QED) is 0.493. The molecule has 6 rings (SSSR count). The summed E-state index contributed by atoms with van der Waals surface area (Å²) in [7, 11) is 0. The van der Waals surface area contributed by atoms with E-state index in [0.717, 1.165) is 23.1 Å². The Kier molecular flexibility index (Phi) is 6.19. The lowest BCUT2D eigenvalue weighted by Crippen LogP contribution is -2.58. The van der Waals surface area contributed by atoms with Crippen LogP contribution < -0.4 is 16.4 Å². The monoisotopic (exact) mass is 463 g/mol. The van der Waals surface area contributed by atoms with Gasteiger partial charge in [-0.2, -0.15) is 10.2 Å². The predicted octanol–water partition coefficient (Wildman–Crippen LogP) is 4.42. The van der Waals surface area contributed by atoms with Gasteiger partial charge in [-0.25, -0.2) is 9.97 Å². The van der Waals surface area contributed by atoms with Crippen molar-refractivity contribution in [2.75, 3.05) is 17.2 Å². The molecule has 2 aromatic heterocycles. The molecule has 0 amide bonds. The number of nitriles is 1. The Morgan fingerprint density at radius 3 is 2.73 bits per heavy atom. The topological polar surface area (TPSA) is 113 Å². The summed E-state index contributed by atoms with van der Waals surface area (Å²) in [6, 6.07) is 6.65. The largest absolute Gasteiger partial charge is 0.368 e. The van der Waals surface area contributed by atoms with Crippen LogP contribution in [-0.2, 0) is 6.54 Å². The zero-order valence-electron chi connectivity index (χ0n) is 19.4. The van der Waals surface area contributed by atoms with Gasteiger partial charge in [0.15, 0.2) is 0 Å². The zero-order valence-corrected chi connectivity index (χ0v) is 20.2. The van der Waals surface area contributed by atoms with Gasteiger partial charge < -0.3 is 16.4 Å². The number of hydrogen-bond donors (Lipinski definition) is 3. The summed E-state index contributed by atoms with van der Waals surface area (Å²) in [6.45, 7) is 5.76. The van der Waals surface area contributed by atoms with Crippen LogP contribution in [0, 0.1) is 34.5 Å². The van der Waals surface area contributed by atoms with E-state index in [-0.39, 0.29) is 5.41 Å². The van der Waals surface area contributed by atoms with Gasteiger partial charge in [0.05, 0.1) is 6.20 Å². The summed E-state index contributed by atoms with van der Waals surface area (Å²) in [5, 5.41) is 18.0. The fourth-order valence-corrected chi connectivity index (χ4v) is 7.33. The second kappa shape index (κ2) is 9.11. The minimum atomic E-state index is 0.288. The zero-order chi connectivity index (χ0) is 23.0. The molecule has 4 aliphatic carbocycles. The summed E-state index contributed by atoms with van der Waals surface area (Å²) in [5.41, 5.74) is 8.41. The molecule has 4 saturated carbocycles. The van der Waals surface area contributed by atoms with Crippen molar-refractivity contribution in [1.82, 2.24) is 15.0 Å². The van der Waals surface area contributed by atoms with E-state index < -0.39 is 0 Å². The Bertz CT molecular complexity index is 1030. The van der Waals surface area contributed by atoms with Gasteiger partial charge in [0, 0.05) is 36.1 Å². The molecule has 174 valence electrons. The molecule has 5 atom stereocenters. The van der Waals surface area contributed by atoms with Crippen molar-refractivity contribution in [3.63, 3.8) is 0 Å². The number of hydrogen-bond acceptors (Lipinski definition) is 8. The molecule has 8 heteroatoms. The van der Waals surface area contributed by atoms with Crippen molar-refractivity contribution >= 4 is 23.5 Å². The maximum Gasteiger partial charge on any atom is 0.224 e. The van der Waals surface area contributed by atoms with E-state index in [0.29, 0.717) is 47.0 Å². The first-order valence-corrected chi connectivity index (χ1v) is 12.9. The average Bonchev–Trinajstić information content (AvgIpc) is 2.80. The smallest absolute Gasteiger partial charge is 0.224 e. The van der Waals surface area contributed by atoms with Gasteiger partial charge in [0.2, 0.25) is 5.95 Å². The average molecular weight is 464 g/mol. The molecule has 4 bridgehead atoms. The van der Waals surface area contributed by atoms with Crippen molar-refractivity contribution in [3.8, 4) is 6.07 Å². The third-order valence-electron chi connectivity index (χ3n) is 7.65. The van der Waals surface area contributed by atoms with Gasteiger partial charge in [0.25, 0.3) is 0 Å². The molecule has 7 nitrogen and oxygen atoms in total. The van der Waals surface area contributed by atoms with Gasteiger partial charge in [-0.3, -0.25) is 0 Å². The van der Waals surface area contributed by atoms with Crippen molar-refractivity contribution < 1.29 is 0 Å². The lowest BCUT2D eigenvalue weighted by atomic mass is 9.48. The second-order valence-electron chi connectivity index (χ2n) is 10.5. The summed E-state index contributed by atoms with van der Waals surface area (Å²) >= 11 is 1.75. The highest BCUT2D eigenvalue weighted by Crippen LogP contribution is 2.59. The summed E-state index contributed by atoms with van der Waals surface area (Å²) in [4.78, 5) is 13.6. The number of thioether (sulfide) groups is 1. The molecule has 33 heavy (non-hydrogen) atoms. The van der Waals surface area contributed by atoms with Gasteiger partial charge >= 0.3 is 0 Å². The van der Waals surface area contributed by atoms with Crippen LogP contribution in [0.25, 0.3) is 0 Å². The third-order valence-corrected chi connectivity index (χ3v) is 8.71. The highest BCUT2D eigenvalue weighted by atomic mass is 32.2. The number of nitrogens with zero attached hydrogens (tertiary/aromatic N) is 4. The first-order valence-electron chi connectivity index (χ1n) is 12.1. The van der Waals surface area contributed by atoms with E-state index in [1.807, 2.05) is 12.3 Å². The van der Waals surface area contributed by atoms with Crippen molar-refractivity contribution in [1.29, 1.82) is 5.26 Å². The molecule has 3 unspecified atom stereocenters. The fourth-order valence-electron chi connectivity index (χ4n) is 6.47. The SMILES string of the molecule is CC(C)Sc1ncccc1CNc1ncc(C#N)c(NCC23CC4C[C@H](C2)C(N)[C@@H](C4)C3)n1. The van der Waals surface area contributed by atoms with Crippen LogP contribution in [0.5, 0.6) is 0 Å². The number of nitrogens with two attached hydrogens (primary N) is 1. The van der Waals surface area contributed by atoms with E-state index in [4.69, 9.17) is 5.73 Å². The van der Waals surface area contributed by atoms with E-state index >= 15 is 0 Å². The molecule has 4 aliphatic rings. The molecule has 0 aliphatic heterocycles. The lowest BCUT2D eigenvalue weighted by molar-refractivity contribution is -0.0591. The molecule has 0 saturated heterocycles. The summed E-state index contributed by atoms with van der Waals surface area (Å²) in [6.07, 6.45) is 9.71. The van der Waals surface area contributed by atoms with Crippen LogP contribution >= 0.6 is 11.8 Å². The maximum atomic E-state index is 9.61. The van der Waals surface area contributed by atoms with E-state index in [1.165, 1.54) is 32.1 Å². The number of anilines is 2. The molecule has 0 radical (unpaired) electrons. The van der Waals surface area contributed by atoms with Gasteiger partial charge in [-0.15, -0.1) is 11.8 Å². The van der Waals surface area contributed by atoms with Gasteiger partial charge in [0.1, 0.15) is 22.5 Å². The van der Waals surface area contributed by atoms with Crippen molar-refractivity contribution in [2.45, 2.75) is 68.8 Å². The number of nitrogens with one attached hydrogen (secondary N) is 2. The van der Waals surface area contributed by atoms with Crippen molar-refractivity contribution in [2.24, 2.45) is 28.9 Å². The normalized spacial score (nSPS) is 29.8. The first-order chi connectivity index (χ1) is 15.9. The van der Waals surface area contributed by atoms with E-state index in [2.05, 4.69) is 51.6 Å². The molecule has 4 fully saturated rings. The Labute approximate surface area is 200 Å². The second-order valence-corrected chi connectivity index (χ2v) is 12.0. The van der Waals surface area contributed by atoms with E-state index in [1.54, 1.807) is 18.0 Å². The summed E-state index contributed by atoms with van der Waals surface area (Å²) < 4.78 is 0. The molecular weight excluding hydrogens is 430 g/mol. The molecular formula is C25H33N7S. The minimum absolute atomic E-state index is 0.288. The van der Waals surface area contributed by atoms with Crippen LogP contribution in [0.1, 0.15) is 57.1 Å². The highest BCUT2D eigenvalue weighted by molar-refractivity contribution is 7.99. The van der Waals surface area contributed by atoms with Gasteiger partial charge in [-0.05, 0) is 61.3 Å². The van der Waals surface area contributed by atoms with Gasteiger partial charge in [-0.1, -0.05) is 19.9 Å². The lowest BCUT2D eigenvalue weighted by Gasteiger charge is -2.59. The van der Waals surface area contributed by atoms with Crippen LogP contribution in [0.2, 0.25) is 0 Å². The third kappa shape index (κ3) is 4.67. The predicted molar refractivity (Wildman–Crippen MR) is 132 cm³/mol. The molecule has 2 aromatic rings. The minimum Gasteiger partial charge on any atom is -0.368 e. The first kappa shape index (κ1) is 22.4. The Balaban J connectivity index is 1.27. The number of aromatic nitrogens is 3. The van der Waals surface area contributed by atoms with Crippen LogP contribution in [-0.4, -0.2) is 32.8 Å². The molecule has 0 aromatic carbocycles. The number of pyridine rings is 1. The van der Waals surface area contributed by atoms with Crippen LogP contribution in [0.3, 0.4) is 0 Å². The standard InChI is InChI=1S/C25H33N7S/c1-15(2)33-23-17(4-3-5-28-23)12-29-24-30-13-20(11-26)22(32-24)31-14-25-8-16-6-18(9-25)21(27)19(7-16)10-25/h3-5,13,15-16,18-19,21H,6-10,12,14,27H2,1-2H3,(H2,29,30,31,32)/t16?,18-,19+,21?,25?. The maximum absolute atomic E-state index is 9.61. The van der Waals surface area contributed by atoms with E-state index in [9.17, 15) is 5.26 Å². The Morgan fingerprint density at radius 2 is 2.00 bits per heavy atom. The molecule has 4 N–H and O–H groups in total. The van der Waals surface area contributed by atoms with Crippen LogP contribution in [0.15, 0.2) is 29.6 Å². The summed E-state index contributed by atoms with van der Waals surface area (Å²) in [5.74, 6) is 3.29. The van der Waals surface area contributed by atoms with Crippen LogP contribution in [0.4, 0.5) is 11.8 Å². The molecule has 0 spiro atoms. The van der Waals surface area contributed by atoms with Crippen molar-refractivity contribution in [3.05, 3.63) is 35.7 Å². The highest BCUT2D eigenvalue weighted by Gasteiger charge is 2.54. The number of rotatable bonds is 8. The fraction of sp³-hybridized carbons (Fsp3) is 0.600. The Morgan fingerprint density at radius 1 is 1.21 bits per heavy atom. The Hall–Kier alpha value is -2.37.